The fourth-order valence-electron chi connectivity index (χ4n) is 1.11. The molecule has 0 saturated carbocycles. The second-order valence-corrected chi connectivity index (χ2v) is 3.21. The summed E-state index contributed by atoms with van der Waals surface area (Å²) in [7, 11) is 0. The van der Waals surface area contributed by atoms with Gasteiger partial charge in [0.2, 0.25) is 0 Å². The van der Waals surface area contributed by atoms with Crippen molar-refractivity contribution < 1.29 is 9.53 Å². The van der Waals surface area contributed by atoms with Crippen LogP contribution in [0.5, 0.6) is 0 Å². The van der Waals surface area contributed by atoms with Crippen LogP contribution in [0.1, 0.15) is 32.6 Å². The van der Waals surface area contributed by atoms with Crippen LogP contribution in [0.3, 0.4) is 0 Å². The lowest BCUT2D eigenvalue weighted by molar-refractivity contribution is -0.104. The number of aldehydes is 1. The average Bonchev–Trinajstić information content (AvgIpc) is 2.18. The molecule has 80 valence electrons. The van der Waals surface area contributed by atoms with Gasteiger partial charge in [-0.3, -0.25) is 4.79 Å². The van der Waals surface area contributed by atoms with Crippen LogP contribution in [0.15, 0.2) is 24.3 Å². The number of rotatable bonds is 9. The van der Waals surface area contributed by atoms with E-state index in [-0.39, 0.29) is 0 Å². The number of carbonyl (C=O) groups excluding carboxylic acids is 1. The Morgan fingerprint density at radius 2 is 2.21 bits per heavy atom. The first-order valence-electron chi connectivity index (χ1n) is 5.17. The lowest BCUT2D eigenvalue weighted by Gasteiger charge is -2.05. The zero-order valence-electron chi connectivity index (χ0n) is 9.00. The van der Waals surface area contributed by atoms with Crippen LogP contribution in [0.4, 0.5) is 0 Å². The van der Waals surface area contributed by atoms with E-state index in [2.05, 4.69) is 13.5 Å². The van der Waals surface area contributed by atoms with Gasteiger partial charge in [-0.15, -0.1) is 6.58 Å². The minimum Gasteiger partial charge on any atom is -0.377 e. The third-order valence-electron chi connectivity index (χ3n) is 1.89. The van der Waals surface area contributed by atoms with Crippen LogP contribution in [-0.2, 0) is 9.53 Å². The predicted octanol–water partition coefficient (Wildman–Crippen LogP) is 2.89. The van der Waals surface area contributed by atoms with Crippen molar-refractivity contribution in [2.75, 3.05) is 13.2 Å². The minimum absolute atomic E-state index is 0.550. The smallest absolute Gasteiger partial charge is 0.142 e. The van der Waals surface area contributed by atoms with Crippen molar-refractivity contribution >= 4 is 6.29 Å². The first kappa shape index (κ1) is 13.1. The summed E-state index contributed by atoms with van der Waals surface area (Å²) in [6, 6.07) is 0. The molecule has 0 aromatic rings. The van der Waals surface area contributed by atoms with Crippen molar-refractivity contribution in [3.8, 4) is 0 Å². The Morgan fingerprint density at radius 1 is 1.43 bits per heavy atom. The van der Waals surface area contributed by atoms with Crippen molar-refractivity contribution in [3.05, 3.63) is 24.3 Å². The quantitative estimate of drug-likeness (QED) is 0.245. The van der Waals surface area contributed by atoms with E-state index in [9.17, 15) is 4.79 Å². The first-order chi connectivity index (χ1) is 6.85. The van der Waals surface area contributed by atoms with Crippen LogP contribution in [-0.4, -0.2) is 19.5 Å². The van der Waals surface area contributed by atoms with Crippen LogP contribution >= 0.6 is 0 Å². The van der Waals surface area contributed by atoms with Crippen molar-refractivity contribution in [2.24, 2.45) is 0 Å². The SMILES string of the molecule is C=CC/C(=C\C=O)COCCCCC. The third-order valence-corrected chi connectivity index (χ3v) is 1.89. The van der Waals surface area contributed by atoms with Crippen molar-refractivity contribution in [2.45, 2.75) is 32.6 Å². The summed E-state index contributed by atoms with van der Waals surface area (Å²) in [5.74, 6) is 0. The average molecular weight is 196 g/mol. The molecule has 2 heteroatoms. The lowest BCUT2D eigenvalue weighted by atomic mass is 10.2. The van der Waals surface area contributed by atoms with Gasteiger partial charge in [-0.1, -0.05) is 25.8 Å². The van der Waals surface area contributed by atoms with Crippen LogP contribution in [0.25, 0.3) is 0 Å². The van der Waals surface area contributed by atoms with Gasteiger partial charge in [-0.05, 0) is 24.5 Å². The number of allylic oxidation sites excluding steroid dienone is 2. The molecule has 0 atom stereocenters. The van der Waals surface area contributed by atoms with E-state index >= 15 is 0 Å². The summed E-state index contributed by atoms with van der Waals surface area (Å²) in [6.07, 6.45) is 8.37. The summed E-state index contributed by atoms with van der Waals surface area (Å²) < 4.78 is 5.43. The molecule has 0 radical (unpaired) electrons. The van der Waals surface area contributed by atoms with Gasteiger partial charge in [-0.25, -0.2) is 0 Å². The fraction of sp³-hybridized carbons (Fsp3) is 0.583. The van der Waals surface area contributed by atoms with Gasteiger partial charge in [0.05, 0.1) is 6.61 Å². The predicted molar refractivity (Wildman–Crippen MR) is 59.3 cm³/mol. The fourth-order valence-corrected chi connectivity index (χ4v) is 1.11. The maximum absolute atomic E-state index is 10.3. The molecule has 0 saturated heterocycles. The molecule has 0 amide bonds. The first-order valence-corrected chi connectivity index (χ1v) is 5.17. The molecule has 0 bridgehead atoms. The summed E-state index contributed by atoms with van der Waals surface area (Å²) in [6.45, 7) is 7.12. The molecule has 0 unspecified atom stereocenters. The molecule has 2 nitrogen and oxygen atoms in total. The Kier molecular flexibility index (Phi) is 9.54. The van der Waals surface area contributed by atoms with E-state index in [0.717, 1.165) is 31.3 Å². The van der Waals surface area contributed by atoms with Crippen molar-refractivity contribution in [1.82, 2.24) is 0 Å². The normalized spacial score (nSPS) is 11.4. The second kappa shape index (κ2) is 10.2. The number of carbonyl (C=O) groups is 1. The summed E-state index contributed by atoms with van der Waals surface area (Å²) in [5.41, 5.74) is 0.992. The van der Waals surface area contributed by atoms with Crippen molar-refractivity contribution in [3.63, 3.8) is 0 Å². The van der Waals surface area contributed by atoms with Gasteiger partial charge in [0.1, 0.15) is 6.29 Å². The van der Waals surface area contributed by atoms with Gasteiger partial charge < -0.3 is 4.74 Å². The zero-order chi connectivity index (χ0) is 10.6. The highest BCUT2D eigenvalue weighted by Crippen LogP contribution is 2.03. The molecule has 0 aliphatic carbocycles. The maximum atomic E-state index is 10.3. The monoisotopic (exact) mass is 196 g/mol. The molecule has 0 aromatic carbocycles. The maximum Gasteiger partial charge on any atom is 0.142 e. The van der Waals surface area contributed by atoms with E-state index in [4.69, 9.17) is 4.74 Å². The number of ether oxygens (including phenoxy) is 1. The Hall–Kier alpha value is -0.890. The highest BCUT2D eigenvalue weighted by molar-refractivity contribution is 5.66. The second-order valence-electron chi connectivity index (χ2n) is 3.21. The van der Waals surface area contributed by atoms with Gasteiger partial charge in [-0.2, -0.15) is 0 Å². The molecule has 0 fully saturated rings. The number of hydrogen-bond donors (Lipinski definition) is 0. The molecule has 0 heterocycles. The Bertz CT molecular complexity index is 183. The summed E-state index contributed by atoms with van der Waals surface area (Å²) in [4.78, 5) is 10.3. The molecule has 0 aromatic heterocycles. The Morgan fingerprint density at radius 3 is 2.79 bits per heavy atom. The number of hydrogen-bond acceptors (Lipinski definition) is 2. The van der Waals surface area contributed by atoms with Gasteiger partial charge in [0.25, 0.3) is 0 Å². The Labute approximate surface area is 86.6 Å². The number of unbranched alkanes of at least 4 members (excludes halogenated alkanes) is 2. The summed E-state index contributed by atoms with van der Waals surface area (Å²) in [5, 5.41) is 0. The summed E-state index contributed by atoms with van der Waals surface area (Å²) >= 11 is 0. The third kappa shape index (κ3) is 7.74. The van der Waals surface area contributed by atoms with Gasteiger partial charge >= 0.3 is 0 Å². The standard InChI is InChI=1S/C12H20O2/c1-3-5-6-10-14-11-12(7-4-2)8-9-13/h4,8-9H,2-3,5-7,10-11H2,1H3/b12-8+. The van der Waals surface area contributed by atoms with Crippen LogP contribution in [0, 0.1) is 0 Å². The zero-order valence-corrected chi connectivity index (χ0v) is 9.00. The molecule has 0 aliphatic heterocycles. The van der Waals surface area contributed by atoms with E-state index in [0.29, 0.717) is 6.61 Å². The van der Waals surface area contributed by atoms with Crippen molar-refractivity contribution in [1.29, 1.82) is 0 Å². The Balaban J connectivity index is 3.55. The van der Waals surface area contributed by atoms with Gasteiger partial charge in [0, 0.05) is 6.61 Å². The van der Waals surface area contributed by atoms with Gasteiger partial charge in [0.15, 0.2) is 0 Å². The molecule has 14 heavy (non-hydrogen) atoms. The highest BCUT2D eigenvalue weighted by Gasteiger charge is 1.95. The topological polar surface area (TPSA) is 26.3 Å². The molecular weight excluding hydrogens is 176 g/mol. The van der Waals surface area contributed by atoms with Crippen LogP contribution in [0.2, 0.25) is 0 Å². The lowest BCUT2D eigenvalue weighted by Crippen LogP contribution is -2.00. The largest absolute Gasteiger partial charge is 0.377 e. The highest BCUT2D eigenvalue weighted by atomic mass is 16.5. The van der Waals surface area contributed by atoms with E-state index < -0.39 is 0 Å². The molecule has 0 spiro atoms. The van der Waals surface area contributed by atoms with E-state index in [1.807, 2.05) is 0 Å². The van der Waals surface area contributed by atoms with E-state index in [1.165, 1.54) is 12.8 Å². The molecule has 0 aliphatic rings. The van der Waals surface area contributed by atoms with Crippen LogP contribution < -0.4 is 0 Å². The minimum atomic E-state index is 0.550. The van der Waals surface area contributed by atoms with E-state index in [1.54, 1.807) is 12.2 Å². The molecular formula is C12H20O2. The molecule has 0 rings (SSSR count). The molecule has 0 N–H and O–H groups in total.